The number of hydrogen-bond donors (Lipinski definition) is 1. The molecule has 0 aliphatic rings. The maximum Gasteiger partial charge on any atom is 0.0210 e. The van der Waals surface area contributed by atoms with E-state index in [1.165, 1.54) is 11.1 Å². The molecule has 0 saturated carbocycles. The molecule has 1 N–H and O–H groups in total. The quantitative estimate of drug-likeness (QED) is 0.688. The van der Waals surface area contributed by atoms with Crippen molar-refractivity contribution >= 4 is 0 Å². The zero-order valence-corrected chi connectivity index (χ0v) is 12.9. The Kier molecular flexibility index (Phi) is 5.77. The highest BCUT2D eigenvalue weighted by atomic mass is 15.0. The van der Waals surface area contributed by atoms with Crippen molar-refractivity contribution < 1.29 is 0 Å². The highest BCUT2D eigenvalue weighted by molar-refractivity contribution is 5.16. The van der Waals surface area contributed by atoms with Crippen molar-refractivity contribution in [2.45, 2.75) is 38.3 Å². The van der Waals surface area contributed by atoms with E-state index in [-0.39, 0.29) is 5.54 Å². The van der Waals surface area contributed by atoms with Crippen LogP contribution in [0.5, 0.6) is 0 Å². The van der Waals surface area contributed by atoms with E-state index in [2.05, 4.69) is 79.5 Å². The molecule has 0 aliphatic heterocycles. The Morgan fingerprint density at radius 2 is 1.52 bits per heavy atom. The SMILES string of the molecule is C=CC[C@](C)(CCc1ccccc1)NCc1ccccc1. The van der Waals surface area contributed by atoms with Gasteiger partial charge in [0, 0.05) is 12.1 Å². The van der Waals surface area contributed by atoms with Crippen molar-refractivity contribution in [3.8, 4) is 0 Å². The largest absolute Gasteiger partial charge is 0.307 e. The molecular weight excluding hydrogens is 254 g/mol. The van der Waals surface area contributed by atoms with Gasteiger partial charge in [-0.25, -0.2) is 0 Å². The zero-order valence-electron chi connectivity index (χ0n) is 12.9. The Morgan fingerprint density at radius 3 is 2.10 bits per heavy atom. The summed E-state index contributed by atoms with van der Waals surface area (Å²) >= 11 is 0. The van der Waals surface area contributed by atoms with Crippen LogP contribution in [0.25, 0.3) is 0 Å². The number of aryl methyl sites for hydroxylation is 1. The van der Waals surface area contributed by atoms with Crippen LogP contribution in [0.15, 0.2) is 73.3 Å². The highest BCUT2D eigenvalue weighted by Gasteiger charge is 2.21. The number of rotatable bonds is 8. The van der Waals surface area contributed by atoms with Crippen molar-refractivity contribution in [1.29, 1.82) is 0 Å². The van der Waals surface area contributed by atoms with Crippen LogP contribution in [-0.4, -0.2) is 5.54 Å². The summed E-state index contributed by atoms with van der Waals surface area (Å²) in [6.45, 7) is 7.11. The van der Waals surface area contributed by atoms with Gasteiger partial charge in [0.15, 0.2) is 0 Å². The van der Waals surface area contributed by atoms with Crippen molar-refractivity contribution in [3.05, 3.63) is 84.4 Å². The van der Waals surface area contributed by atoms with E-state index in [0.29, 0.717) is 0 Å². The van der Waals surface area contributed by atoms with Gasteiger partial charge in [-0.1, -0.05) is 66.7 Å². The summed E-state index contributed by atoms with van der Waals surface area (Å²) in [7, 11) is 0. The summed E-state index contributed by atoms with van der Waals surface area (Å²) in [5.41, 5.74) is 2.81. The molecule has 0 radical (unpaired) electrons. The smallest absolute Gasteiger partial charge is 0.0210 e. The first-order chi connectivity index (χ1) is 10.2. The van der Waals surface area contributed by atoms with E-state index in [9.17, 15) is 0 Å². The van der Waals surface area contributed by atoms with Crippen LogP contribution < -0.4 is 5.32 Å². The molecule has 0 fully saturated rings. The number of nitrogens with one attached hydrogen (secondary N) is 1. The van der Waals surface area contributed by atoms with E-state index >= 15 is 0 Å². The molecule has 0 aromatic heterocycles. The predicted octanol–water partition coefficient (Wildman–Crippen LogP) is 4.74. The molecule has 1 nitrogen and oxygen atoms in total. The summed E-state index contributed by atoms with van der Waals surface area (Å²) < 4.78 is 0. The molecule has 2 rings (SSSR count). The van der Waals surface area contributed by atoms with Gasteiger partial charge >= 0.3 is 0 Å². The molecular formula is C20H25N. The maximum absolute atomic E-state index is 3.92. The third-order valence-corrected chi connectivity index (χ3v) is 3.97. The molecule has 0 spiro atoms. The van der Waals surface area contributed by atoms with Crippen molar-refractivity contribution in [2.75, 3.05) is 0 Å². The lowest BCUT2D eigenvalue weighted by Gasteiger charge is -2.30. The Morgan fingerprint density at radius 1 is 0.952 bits per heavy atom. The van der Waals surface area contributed by atoms with Crippen LogP contribution in [0, 0.1) is 0 Å². The van der Waals surface area contributed by atoms with Gasteiger partial charge in [-0.3, -0.25) is 0 Å². The molecule has 0 saturated heterocycles. The fraction of sp³-hybridized carbons (Fsp3) is 0.300. The first kappa shape index (κ1) is 15.5. The van der Waals surface area contributed by atoms with Gasteiger partial charge in [0.25, 0.3) is 0 Å². The van der Waals surface area contributed by atoms with Crippen LogP contribution in [0.1, 0.15) is 30.9 Å². The fourth-order valence-electron chi connectivity index (χ4n) is 2.56. The van der Waals surface area contributed by atoms with Crippen molar-refractivity contribution in [1.82, 2.24) is 5.32 Å². The Hall–Kier alpha value is -1.86. The van der Waals surface area contributed by atoms with Crippen LogP contribution in [-0.2, 0) is 13.0 Å². The number of benzene rings is 2. The first-order valence-electron chi connectivity index (χ1n) is 7.66. The van der Waals surface area contributed by atoms with E-state index in [1.54, 1.807) is 0 Å². The molecule has 2 aromatic rings. The lowest BCUT2D eigenvalue weighted by atomic mass is 9.89. The van der Waals surface area contributed by atoms with Gasteiger partial charge in [0.2, 0.25) is 0 Å². The second-order valence-corrected chi connectivity index (χ2v) is 5.88. The fourth-order valence-corrected chi connectivity index (χ4v) is 2.56. The molecule has 0 aliphatic carbocycles. The second-order valence-electron chi connectivity index (χ2n) is 5.88. The van der Waals surface area contributed by atoms with Gasteiger partial charge in [-0.2, -0.15) is 0 Å². The summed E-state index contributed by atoms with van der Waals surface area (Å²) in [5.74, 6) is 0. The minimum atomic E-state index is 0.0907. The molecule has 0 heterocycles. The van der Waals surface area contributed by atoms with E-state index in [1.807, 2.05) is 6.08 Å². The molecule has 0 unspecified atom stereocenters. The minimum Gasteiger partial charge on any atom is -0.307 e. The second kappa shape index (κ2) is 7.80. The van der Waals surface area contributed by atoms with E-state index < -0.39 is 0 Å². The molecule has 1 heteroatoms. The molecule has 110 valence electrons. The van der Waals surface area contributed by atoms with Gasteiger partial charge in [-0.05, 0) is 37.3 Å². The van der Waals surface area contributed by atoms with Crippen molar-refractivity contribution in [3.63, 3.8) is 0 Å². The maximum atomic E-state index is 3.92. The van der Waals surface area contributed by atoms with Gasteiger partial charge in [0.1, 0.15) is 0 Å². The van der Waals surface area contributed by atoms with Gasteiger partial charge < -0.3 is 5.32 Å². The summed E-state index contributed by atoms with van der Waals surface area (Å²) in [4.78, 5) is 0. The Labute approximate surface area is 128 Å². The van der Waals surface area contributed by atoms with Crippen molar-refractivity contribution in [2.24, 2.45) is 0 Å². The lowest BCUT2D eigenvalue weighted by Crippen LogP contribution is -2.41. The molecule has 0 bridgehead atoms. The summed E-state index contributed by atoms with van der Waals surface area (Å²) in [5, 5.41) is 3.71. The summed E-state index contributed by atoms with van der Waals surface area (Å²) in [6.07, 6.45) is 5.19. The average Bonchev–Trinajstić information content (AvgIpc) is 2.54. The zero-order chi connectivity index (χ0) is 15.0. The normalized spacial score (nSPS) is 13.6. The minimum absolute atomic E-state index is 0.0907. The summed E-state index contributed by atoms with van der Waals surface area (Å²) in [6, 6.07) is 21.3. The monoisotopic (exact) mass is 279 g/mol. The molecule has 21 heavy (non-hydrogen) atoms. The molecule has 0 amide bonds. The molecule has 2 aromatic carbocycles. The van der Waals surface area contributed by atoms with E-state index in [0.717, 1.165) is 25.8 Å². The van der Waals surface area contributed by atoms with E-state index in [4.69, 9.17) is 0 Å². The third-order valence-electron chi connectivity index (χ3n) is 3.97. The van der Waals surface area contributed by atoms with Crippen LogP contribution in [0.3, 0.4) is 0 Å². The van der Waals surface area contributed by atoms with Crippen LogP contribution >= 0.6 is 0 Å². The number of hydrogen-bond acceptors (Lipinski definition) is 1. The predicted molar refractivity (Wildman–Crippen MR) is 91.3 cm³/mol. The average molecular weight is 279 g/mol. The lowest BCUT2D eigenvalue weighted by molar-refractivity contribution is 0.331. The van der Waals surface area contributed by atoms with Crippen LogP contribution in [0.2, 0.25) is 0 Å². The van der Waals surface area contributed by atoms with Crippen LogP contribution in [0.4, 0.5) is 0 Å². The Bertz CT molecular complexity index is 487. The highest BCUT2D eigenvalue weighted by Crippen LogP contribution is 2.19. The standard InChI is InChI=1S/C20H25N/c1-3-15-20(2,16-14-18-10-6-4-7-11-18)21-17-19-12-8-5-9-13-19/h3-13,21H,1,14-17H2,2H3/t20-/m1/s1. The van der Waals surface area contributed by atoms with Gasteiger partial charge in [0.05, 0.1) is 0 Å². The Balaban J connectivity index is 1.93. The topological polar surface area (TPSA) is 12.0 Å². The molecule has 1 atom stereocenters. The third kappa shape index (κ3) is 5.20. The first-order valence-corrected chi connectivity index (χ1v) is 7.66. The van der Waals surface area contributed by atoms with Gasteiger partial charge in [-0.15, -0.1) is 6.58 Å².